The highest BCUT2D eigenvalue weighted by atomic mass is 16.5. The molecule has 5 nitrogen and oxygen atoms in total. The van der Waals surface area contributed by atoms with Crippen molar-refractivity contribution in [2.24, 2.45) is 0 Å². The number of aryl methyl sites for hydroxylation is 1. The third-order valence-electron chi connectivity index (χ3n) is 4.10. The van der Waals surface area contributed by atoms with E-state index in [4.69, 9.17) is 9.47 Å². The highest BCUT2D eigenvalue weighted by molar-refractivity contribution is 5.97. The van der Waals surface area contributed by atoms with Crippen molar-refractivity contribution in [2.45, 2.75) is 6.92 Å². The van der Waals surface area contributed by atoms with Crippen molar-refractivity contribution in [3.8, 4) is 11.5 Å². The Kier molecular flexibility index (Phi) is 4.19. The van der Waals surface area contributed by atoms with Gasteiger partial charge in [0.1, 0.15) is 5.75 Å². The minimum atomic E-state index is -0.313. The highest BCUT2D eigenvalue weighted by Crippen LogP contribution is 2.32. The molecule has 0 fully saturated rings. The van der Waals surface area contributed by atoms with E-state index in [1.807, 2.05) is 73.7 Å². The molecule has 3 aromatic rings. The lowest BCUT2D eigenvalue weighted by Crippen LogP contribution is -2.38. The number of rotatable bonds is 4. The molecule has 1 aliphatic rings. The lowest BCUT2D eigenvalue weighted by atomic mass is 10.1. The van der Waals surface area contributed by atoms with Crippen molar-refractivity contribution in [1.29, 1.82) is 0 Å². The predicted octanol–water partition coefficient (Wildman–Crippen LogP) is 4.75. The molecule has 3 aromatic carbocycles. The van der Waals surface area contributed by atoms with Gasteiger partial charge in [0, 0.05) is 0 Å². The van der Waals surface area contributed by atoms with Gasteiger partial charge in [0.2, 0.25) is 0 Å². The highest BCUT2D eigenvalue weighted by Gasteiger charge is 2.25. The van der Waals surface area contributed by atoms with E-state index in [1.165, 1.54) is 0 Å². The van der Waals surface area contributed by atoms with Gasteiger partial charge in [-0.2, -0.15) is 0 Å². The van der Waals surface area contributed by atoms with Crippen LogP contribution in [-0.4, -0.2) is 12.7 Å². The standard InChI is InChI=1S/C21H18N2O3/c1-15-11-12-17-19(13-15)23(14-25-21(17)24)22-18-9-5-6-10-20(18)26-16-7-3-2-4-8-16/h2-13,22H,14H2,1H3. The zero-order valence-corrected chi connectivity index (χ0v) is 14.3. The number of hydrogen-bond donors (Lipinski definition) is 1. The summed E-state index contributed by atoms with van der Waals surface area (Å²) >= 11 is 0. The van der Waals surface area contributed by atoms with Crippen molar-refractivity contribution in [3.63, 3.8) is 0 Å². The van der Waals surface area contributed by atoms with Gasteiger partial charge in [-0.25, -0.2) is 4.79 Å². The van der Waals surface area contributed by atoms with Crippen molar-refractivity contribution in [2.75, 3.05) is 17.2 Å². The number of carbonyl (C=O) groups is 1. The molecule has 130 valence electrons. The molecule has 0 bridgehead atoms. The summed E-state index contributed by atoms with van der Waals surface area (Å²) < 4.78 is 11.3. The third-order valence-corrected chi connectivity index (χ3v) is 4.10. The number of benzene rings is 3. The first-order valence-electron chi connectivity index (χ1n) is 8.34. The summed E-state index contributed by atoms with van der Waals surface area (Å²) in [6.45, 7) is 2.11. The molecule has 0 aromatic heterocycles. The number of anilines is 2. The summed E-state index contributed by atoms with van der Waals surface area (Å²) in [6.07, 6.45) is 0. The van der Waals surface area contributed by atoms with Crippen LogP contribution in [0.15, 0.2) is 72.8 Å². The monoisotopic (exact) mass is 346 g/mol. The van der Waals surface area contributed by atoms with Gasteiger partial charge in [-0.15, -0.1) is 0 Å². The van der Waals surface area contributed by atoms with Gasteiger partial charge in [-0.3, -0.25) is 10.4 Å². The van der Waals surface area contributed by atoms with E-state index in [0.29, 0.717) is 11.3 Å². The first-order valence-corrected chi connectivity index (χ1v) is 8.34. The molecule has 0 saturated carbocycles. The van der Waals surface area contributed by atoms with Crippen LogP contribution < -0.4 is 15.2 Å². The van der Waals surface area contributed by atoms with Crippen LogP contribution in [0, 0.1) is 6.92 Å². The Balaban J connectivity index is 1.64. The zero-order valence-electron chi connectivity index (χ0n) is 14.3. The average Bonchev–Trinajstić information content (AvgIpc) is 2.66. The fraction of sp³-hybridized carbons (Fsp3) is 0.0952. The summed E-state index contributed by atoms with van der Waals surface area (Å²) in [5.41, 5.74) is 6.48. The molecular formula is C21H18N2O3. The zero-order chi connectivity index (χ0) is 17.9. The van der Waals surface area contributed by atoms with Crippen LogP contribution in [0.3, 0.4) is 0 Å². The fourth-order valence-electron chi connectivity index (χ4n) is 2.81. The average molecular weight is 346 g/mol. The van der Waals surface area contributed by atoms with Gasteiger partial charge in [-0.1, -0.05) is 36.4 Å². The molecule has 0 aliphatic carbocycles. The van der Waals surface area contributed by atoms with Gasteiger partial charge in [0.25, 0.3) is 0 Å². The van der Waals surface area contributed by atoms with Gasteiger partial charge in [0.15, 0.2) is 12.5 Å². The van der Waals surface area contributed by atoms with Crippen LogP contribution in [0.2, 0.25) is 0 Å². The number of esters is 1. The number of hydrazine groups is 1. The number of hydrogen-bond acceptors (Lipinski definition) is 5. The third kappa shape index (κ3) is 3.19. The van der Waals surface area contributed by atoms with Crippen molar-refractivity contribution >= 4 is 17.3 Å². The van der Waals surface area contributed by atoms with E-state index in [9.17, 15) is 4.79 Å². The summed E-state index contributed by atoms with van der Waals surface area (Å²) in [5, 5.41) is 1.80. The minimum Gasteiger partial charge on any atom is -0.455 e. The van der Waals surface area contributed by atoms with Crippen molar-refractivity contribution < 1.29 is 14.3 Å². The van der Waals surface area contributed by atoms with Crippen LogP contribution >= 0.6 is 0 Å². The van der Waals surface area contributed by atoms with Crippen LogP contribution in [0.1, 0.15) is 15.9 Å². The lowest BCUT2D eigenvalue weighted by Gasteiger charge is -2.31. The Bertz CT molecular complexity index is 941. The molecule has 26 heavy (non-hydrogen) atoms. The van der Waals surface area contributed by atoms with E-state index < -0.39 is 0 Å². The van der Waals surface area contributed by atoms with Gasteiger partial charge >= 0.3 is 5.97 Å². The molecule has 0 saturated heterocycles. The van der Waals surface area contributed by atoms with E-state index >= 15 is 0 Å². The molecule has 0 unspecified atom stereocenters. The molecule has 0 atom stereocenters. The summed E-state index contributed by atoms with van der Waals surface area (Å²) in [6, 6.07) is 22.9. The van der Waals surface area contributed by atoms with E-state index in [1.54, 1.807) is 11.1 Å². The molecule has 1 aliphatic heterocycles. The van der Waals surface area contributed by atoms with E-state index in [0.717, 1.165) is 22.7 Å². The number of carbonyl (C=O) groups excluding carboxylic acids is 1. The number of cyclic esters (lactones) is 1. The Morgan fingerprint density at radius 2 is 1.77 bits per heavy atom. The number of ether oxygens (including phenoxy) is 2. The second-order valence-electron chi connectivity index (χ2n) is 6.03. The fourth-order valence-corrected chi connectivity index (χ4v) is 2.81. The Hall–Kier alpha value is -3.47. The molecule has 4 rings (SSSR count). The minimum absolute atomic E-state index is 0.120. The Morgan fingerprint density at radius 3 is 2.62 bits per heavy atom. The number of para-hydroxylation sites is 3. The van der Waals surface area contributed by atoms with Gasteiger partial charge in [0.05, 0.1) is 16.9 Å². The normalized spacial score (nSPS) is 13.0. The lowest BCUT2D eigenvalue weighted by molar-refractivity contribution is 0.0487. The first-order chi connectivity index (χ1) is 12.7. The summed E-state index contributed by atoms with van der Waals surface area (Å²) in [5.74, 6) is 1.12. The molecule has 0 spiro atoms. The summed E-state index contributed by atoms with van der Waals surface area (Å²) in [7, 11) is 0. The van der Waals surface area contributed by atoms with Crippen LogP contribution in [-0.2, 0) is 4.74 Å². The molecule has 0 amide bonds. The van der Waals surface area contributed by atoms with Crippen molar-refractivity contribution in [3.05, 3.63) is 83.9 Å². The number of nitrogens with one attached hydrogen (secondary N) is 1. The second kappa shape index (κ2) is 6.80. The molecule has 0 radical (unpaired) electrons. The van der Waals surface area contributed by atoms with Crippen LogP contribution in [0.5, 0.6) is 11.5 Å². The van der Waals surface area contributed by atoms with Gasteiger partial charge < -0.3 is 9.47 Å². The smallest absolute Gasteiger partial charge is 0.342 e. The van der Waals surface area contributed by atoms with E-state index in [2.05, 4.69) is 5.43 Å². The SMILES string of the molecule is Cc1ccc2c(c1)N(Nc1ccccc1Oc1ccccc1)COC2=O. The van der Waals surface area contributed by atoms with Crippen LogP contribution in [0.25, 0.3) is 0 Å². The molecule has 1 heterocycles. The molecular weight excluding hydrogens is 328 g/mol. The first kappa shape index (κ1) is 16.0. The Labute approximate surface area is 151 Å². The maximum absolute atomic E-state index is 12.0. The molecule has 5 heteroatoms. The number of nitrogens with zero attached hydrogens (tertiary/aromatic N) is 1. The topological polar surface area (TPSA) is 50.8 Å². The van der Waals surface area contributed by atoms with Crippen LogP contribution in [0.4, 0.5) is 11.4 Å². The van der Waals surface area contributed by atoms with Gasteiger partial charge in [-0.05, 0) is 48.9 Å². The maximum Gasteiger partial charge on any atom is 0.342 e. The Morgan fingerprint density at radius 1 is 1.00 bits per heavy atom. The molecule has 1 N–H and O–H groups in total. The van der Waals surface area contributed by atoms with Crippen molar-refractivity contribution in [1.82, 2.24) is 0 Å². The van der Waals surface area contributed by atoms with E-state index in [-0.39, 0.29) is 12.7 Å². The quantitative estimate of drug-likeness (QED) is 0.691. The largest absolute Gasteiger partial charge is 0.455 e. The number of fused-ring (bicyclic) bond motifs is 1. The second-order valence-corrected chi connectivity index (χ2v) is 6.03. The maximum atomic E-state index is 12.0. The summed E-state index contributed by atoms with van der Waals surface area (Å²) in [4.78, 5) is 12.0. The predicted molar refractivity (Wildman–Crippen MR) is 101 cm³/mol.